The van der Waals surface area contributed by atoms with E-state index in [4.69, 9.17) is 4.74 Å². The SMILES string of the molecule is COc1ccc2cc(CCNC(=O)Nc3ccccc3)c(=O)[nH]c2c1. The molecule has 25 heavy (non-hydrogen) atoms. The van der Waals surface area contributed by atoms with Gasteiger partial charge in [0.2, 0.25) is 0 Å². The summed E-state index contributed by atoms with van der Waals surface area (Å²) in [4.78, 5) is 26.9. The van der Waals surface area contributed by atoms with Crippen molar-refractivity contribution < 1.29 is 9.53 Å². The minimum Gasteiger partial charge on any atom is -0.497 e. The summed E-state index contributed by atoms with van der Waals surface area (Å²) in [7, 11) is 1.58. The molecule has 0 aliphatic heterocycles. The minimum absolute atomic E-state index is 0.161. The number of para-hydroxylation sites is 1. The van der Waals surface area contributed by atoms with Crippen molar-refractivity contribution in [3.05, 3.63) is 70.5 Å². The van der Waals surface area contributed by atoms with Crippen molar-refractivity contribution in [3.8, 4) is 5.75 Å². The summed E-state index contributed by atoms with van der Waals surface area (Å²) in [6.07, 6.45) is 0.444. The molecule has 0 aliphatic rings. The molecule has 1 heterocycles. The van der Waals surface area contributed by atoms with E-state index in [-0.39, 0.29) is 11.6 Å². The third-order valence-corrected chi connectivity index (χ3v) is 3.84. The molecule has 128 valence electrons. The Kier molecular flexibility index (Phi) is 4.99. The number of urea groups is 1. The Hall–Kier alpha value is -3.28. The zero-order valence-corrected chi connectivity index (χ0v) is 13.8. The van der Waals surface area contributed by atoms with E-state index in [1.165, 1.54) is 0 Å². The molecule has 2 amide bonds. The standard InChI is InChI=1S/C19H19N3O3/c1-25-16-8-7-13-11-14(18(23)22-17(13)12-16)9-10-20-19(24)21-15-5-3-2-4-6-15/h2-8,11-12H,9-10H2,1H3,(H,22,23)(H2,20,21,24). The predicted molar refractivity (Wildman–Crippen MR) is 98.3 cm³/mol. The minimum atomic E-state index is -0.298. The van der Waals surface area contributed by atoms with Gasteiger partial charge in [-0.3, -0.25) is 4.79 Å². The molecule has 1 aromatic heterocycles. The van der Waals surface area contributed by atoms with Crippen LogP contribution < -0.4 is 20.9 Å². The Bertz CT molecular complexity index is 936. The number of H-pyrrole nitrogens is 1. The van der Waals surface area contributed by atoms with Gasteiger partial charge in [0, 0.05) is 23.9 Å². The monoisotopic (exact) mass is 337 g/mol. The van der Waals surface area contributed by atoms with Crippen molar-refractivity contribution in [2.24, 2.45) is 0 Å². The summed E-state index contributed by atoms with van der Waals surface area (Å²) in [5.74, 6) is 0.690. The number of aromatic nitrogens is 1. The number of carbonyl (C=O) groups is 1. The lowest BCUT2D eigenvalue weighted by molar-refractivity contribution is 0.252. The second-order valence-corrected chi connectivity index (χ2v) is 5.57. The molecule has 0 saturated carbocycles. The lowest BCUT2D eigenvalue weighted by atomic mass is 10.1. The Labute approximate surface area is 144 Å². The molecule has 6 heteroatoms. The first-order chi connectivity index (χ1) is 12.2. The van der Waals surface area contributed by atoms with Crippen LogP contribution in [0.1, 0.15) is 5.56 Å². The van der Waals surface area contributed by atoms with Gasteiger partial charge in [0.25, 0.3) is 5.56 Å². The van der Waals surface area contributed by atoms with E-state index in [9.17, 15) is 9.59 Å². The Morgan fingerprint density at radius 3 is 2.68 bits per heavy atom. The van der Waals surface area contributed by atoms with Crippen LogP contribution in [-0.2, 0) is 6.42 Å². The van der Waals surface area contributed by atoms with E-state index in [2.05, 4.69) is 15.6 Å². The summed E-state index contributed by atoms with van der Waals surface area (Å²) in [5, 5.41) is 6.41. The fraction of sp³-hybridized carbons (Fsp3) is 0.158. The summed E-state index contributed by atoms with van der Waals surface area (Å²) in [6.45, 7) is 0.364. The number of hydrogen-bond donors (Lipinski definition) is 3. The number of amides is 2. The van der Waals surface area contributed by atoms with Crippen LogP contribution in [-0.4, -0.2) is 24.7 Å². The van der Waals surface area contributed by atoms with E-state index < -0.39 is 0 Å². The van der Waals surface area contributed by atoms with Crippen LogP contribution in [0.2, 0.25) is 0 Å². The van der Waals surface area contributed by atoms with Crippen LogP contribution in [0, 0.1) is 0 Å². The second kappa shape index (κ2) is 7.53. The first-order valence-corrected chi connectivity index (χ1v) is 7.95. The number of aromatic amines is 1. The quantitative estimate of drug-likeness (QED) is 0.669. The summed E-state index contributed by atoms with van der Waals surface area (Å²) >= 11 is 0. The number of rotatable bonds is 5. The molecule has 3 N–H and O–H groups in total. The molecule has 0 bridgehead atoms. The third-order valence-electron chi connectivity index (χ3n) is 3.84. The van der Waals surface area contributed by atoms with Gasteiger partial charge in [0.1, 0.15) is 5.75 Å². The molecule has 0 radical (unpaired) electrons. The average Bonchev–Trinajstić information content (AvgIpc) is 2.62. The second-order valence-electron chi connectivity index (χ2n) is 5.57. The van der Waals surface area contributed by atoms with E-state index in [0.29, 0.717) is 24.3 Å². The highest BCUT2D eigenvalue weighted by Crippen LogP contribution is 2.18. The molecule has 0 unspecified atom stereocenters. The van der Waals surface area contributed by atoms with Crippen LogP contribution in [0.5, 0.6) is 5.75 Å². The largest absolute Gasteiger partial charge is 0.497 e. The molecule has 3 rings (SSSR count). The van der Waals surface area contributed by atoms with Crippen molar-refractivity contribution in [2.45, 2.75) is 6.42 Å². The molecular formula is C19H19N3O3. The first kappa shape index (κ1) is 16.6. The van der Waals surface area contributed by atoms with Gasteiger partial charge < -0.3 is 20.4 Å². The summed E-state index contributed by atoms with van der Waals surface area (Å²) < 4.78 is 5.16. The third kappa shape index (κ3) is 4.17. The maximum atomic E-state index is 12.2. The van der Waals surface area contributed by atoms with Crippen molar-refractivity contribution in [1.29, 1.82) is 0 Å². The first-order valence-electron chi connectivity index (χ1n) is 7.95. The van der Waals surface area contributed by atoms with Gasteiger partial charge in [0.15, 0.2) is 0 Å². The highest BCUT2D eigenvalue weighted by molar-refractivity contribution is 5.89. The Balaban J connectivity index is 1.62. The zero-order chi connectivity index (χ0) is 17.6. The van der Waals surface area contributed by atoms with E-state index in [1.807, 2.05) is 48.5 Å². The molecule has 3 aromatic rings. The predicted octanol–water partition coefficient (Wildman–Crippen LogP) is 2.90. The van der Waals surface area contributed by atoms with Crippen molar-refractivity contribution >= 4 is 22.6 Å². The van der Waals surface area contributed by atoms with E-state index in [0.717, 1.165) is 16.6 Å². The lowest BCUT2D eigenvalue weighted by Gasteiger charge is -2.08. The molecule has 0 saturated heterocycles. The maximum Gasteiger partial charge on any atom is 0.319 e. The maximum absolute atomic E-state index is 12.2. The van der Waals surface area contributed by atoms with Crippen LogP contribution in [0.3, 0.4) is 0 Å². The summed E-state index contributed by atoms with van der Waals surface area (Å²) in [6, 6.07) is 16.2. The van der Waals surface area contributed by atoms with Gasteiger partial charge in [0.05, 0.1) is 12.6 Å². The number of ether oxygens (including phenoxy) is 1. The number of anilines is 1. The van der Waals surface area contributed by atoms with Gasteiger partial charge in [-0.15, -0.1) is 0 Å². The number of hydrogen-bond acceptors (Lipinski definition) is 3. The normalized spacial score (nSPS) is 10.4. The zero-order valence-electron chi connectivity index (χ0n) is 13.8. The molecule has 0 fully saturated rings. The molecule has 0 aliphatic carbocycles. The number of fused-ring (bicyclic) bond motifs is 1. The Morgan fingerprint density at radius 1 is 1.12 bits per heavy atom. The van der Waals surface area contributed by atoms with Gasteiger partial charge >= 0.3 is 6.03 Å². The van der Waals surface area contributed by atoms with Gasteiger partial charge in [-0.05, 0) is 42.1 Å². The molecule has 6 nitrogen and oxygen atoms in total. The van der Waals surface area contributed by atoms with Gasteiger partial charge in [-0.2, -0.15) is 0 Å². The Morgan fingerprint density at radius 2 is 1.92 bits per heavy atom. The fourth-order valence-electron chi connectivity index (χ4n) is 2.55. The van der Waals surface area contributed by atoms with E-state index in [1.54, 1.807) is 13.2 Å². The van der Waals surface area contributed by atoms with Gasteiger partial charge in [-0.1, -0.05) is 18.2 Å². The molecule has 0 spiro atoms. The van der Waals surface area contributed by atoms with Crippen molar-refractivity contribution in [3.63, 3.8) is 0 Å². The number of methoxy groups -OCH3 is 1. The number of benzene rings is 2. The summed E-state index contributed by atoms with van der Waals surface area (Å²) in [5.41, 5.74) is 1.91. The van der Waals surface area contributed by atoms with Gasteiger partial charge in [-0.25, -0.2) is 4.79 Å². The molecule has 0 atom stereocenters. The van der Waals surface area contributed by atoms with Crippen LogP contribution in [0.25, 0.3) is 10.9 Å². The van der Waals surface area contributed by atoms with Crippen LogP contribution >= 0.6 is 0 Å². The van der Waals surface area contributed by atoms with Crippen molar-refractivity contribution in [2.75, 3.05) is 19.0 Å². The average molecular weight is 337 g/mol. The lowest BCUT2D eigenvalue weighted by Crippen LogP contribution is -2.31. The van der Waals surface area contributed by atoms with Crippen LogP contribution in [0.15, 0.2) is 59.4 Å². The number of nitrogens with one attached hydrogen (secondary N) is 3. The number of carbonyl (C=O) groups excluding carboxylic acids is 1. The van der Waals surface area contributed by atoms with Crippen LogP contribution in [0.4, 0.5) is 10.5 Å². The highest BCUT2D eigenvalue weighted by atomic mass is 16.5. The highest BCUT2D eigenvalue weighted by Gasteiger charge is 2.06. The van der Waals surface area contributed by atoms with Crippen molar-refractivity contribution in [1.82, 2.24) is 10.3 Å². The molecule has 2 aromatic carbocycles. The smallest absolute Gasteiger partial charge is 0.319 e. The number of pyridine rings is 1. The fourth-order valence-corrected chi connectivity index (χ4v) is 2.55. The van der Waals surface area contributed by atoms with E-state index >= 15 is 0 Å². The topological polar surface area (TPSA) is 83.2 Å². The molecular weight excluding hydrogens is 318 g/mol.